The number of thiazole rings is 1. The lowest BCUT2D eigenvalue weighted by molar-refractivity contribution is -0.0357. The minimum atomic E-state index is 0.191. The molecular formula is C11H18N2O2S. The van der Waals surface area contributed by atoms with Gasteiger partial charge in [0.1, 0.15) is 5.01 Å². The third-order valence-corrected chi connectivity index (χ3v) is 3.65. The molecule has 0 bridgehead atoms. The summed E-state index contributed by atoms with van der Waals surface area (Å²) in [5.41, 5.74) is 1.11. The van der Waals surface area contributed by atoms with Gasteiger partial charge >= 0.3 is 0 Å². The quantitative estimate of drug-likeness (QED) is 0.863. The number of hydrogen-bond acceptors (Lipinski definition) is 5. The van der Waals surface area contributed by atoms with Crippen LogP contribution in [0.25, 0.3) is 0 Å². The number of aromatic nitrogens is 1. The summed E-state index contributed by atoms with van der Waals surface area (Å²) in [6.45, 7) is 7.97. The van der Waals surface area contributed by atoms with Crippen molar-refractivity contribution in [3.8, 4) is 0 Å². The number of ether oxygens (including phenoxy) is 2. The Morgan fingerprint density at radius 1 is 1.56 bits per heavy atom. The van der Waals surface area contributed by atoms with E-state index in [9.17, 15) is 0 Å². The molecule has 1 aliphatic rings. The van der Waals surface area contributed by atoms with E-state index in [1.807, 2.05) is 6.92 Å². The molecule has 0 spiro atoms. The van der Waals surface area contributed by atoms with Gasteiger partial charge < -0.3 is 14.8 Å². The molecule has 1 N–H and O–H groups in total. The van der Waals surface area contributed by atoms with Gasteiger partial charge in [-0.15, -0.1) is 11.3 Å². The average Bonchev–Trinajstić information content (AvgIpc) is 2.60. The summed E-state index contributed by atoms with van der Waals surface area (Å²) in [6, 6.07) is 0. The number of hydrogen-bond donors (Lipinski definition) is 1. The number of nitrogens with zero attached hydrogens (tertiary/aromatic N) is 1. The molecule has 5 heteroatoms. The van der Waals surface area contributed by atoms with Crippen LogP contribution in [-0.4, -0.2) is 37.4 Å². The maximum atomic E-state index is 5.61. The average molecular weight is 242 g/mol. The van der Waals surface area contributed by atoms with Crippen molar-refractivity contribution in [1.82, 2.24) is 10.3 Å². The Morgan fingerprint density at radius 2 is 2.44 bits per heavy atom. The number of aryl methyl sites for hydroxylation is 2. The topological polar surface area (TPSA) is 43.4 Å². The molecule has 16 heavy (non-hydrogen) atoms. The molecule has 0 aromatic carbocycles. The molecule has 0 amide bonds. The van der Waals surface area contributed by atoms with Crippen molar-refractivity contribution in [2.75, 3.05) is 26.3 Å². The third kappa shape index (κ3) is 3.25. The first-order chi connectivity index (χ1) is 7.75. The molecule has 0 aliphatic carbocycles. The second-order valence-electron chi connectivity index (χ2n) is 3.96. The molecule has 1 aromatic rings. The van der Waals surface area contributed by atoms with Gasteiger partial charge in [-0.2, -0.15) is 0 Å². The smallest absolute Gasteiger partial charge is 0.119 e. The van der Waals surface area contributed by atoms with Gasteiger partial charge in [0, 0.05) is 18.0 Å². The van der Waals surface area contributed by atoms with Crippen molar-refractivity contribution in [2.24, 2.45) is 0 Å². The summed E-state index contributed by atoms with van der Waals surface area (Å²) in [5, 5.41) is 4.33. The summed E-state index contributed by atoms with van der Waals surface area (Å²) in [5.74, 6) is 0. The van der Waals surface area contributed by atoms with Crippen molar-refractivity contribution in [2.45, 2.75) is 26.6 Å². The second kappa shape index (κ2) is 5.72. The van der Waals surface area contributed by atoms with Crippen LogP contribution in [0, 0.1) is 13.8 Å². The van der Waals surface area contributed by atoms with Crippen LogP contribution in [0.5, 0.6) is 0 Å². The lowest BCUT2D eigenvalue weighted by atomic mass is 10.3. The predicted octanol–water partition coefficient (Wildman–Crippen LogP) is 1.26. The minimum absolute atomic E-state index is 0.191. The summed E-state index contributed by atoms with van der Waals surface area (Å²) in [6.07, 6.45) is 0.191. The van der Waals surface area contributed by atoms with Gasteiger partial charge in [0.25, 0.3) is 0 Å². The van der Waals surface area contributed by atoms with Crippen LogP contribution in [0.15, 0.2) is 0 Å². The molecular weight excluding hydrogens is 224 g/mol. The van der Waals surface area contributed by atoms with Gasteiger partial charge in [-0.3, -0.25) is 0 Å². The highest BCUT2D eigenvalue weighted by Gasteiger charge is 2.13. The molecule has 90 valence electrons. The van der Waals surface area contributed by atoms with Gasteiger partial charge in [0.15, 0.2) is 0 Å². The molecule has 4 nitrogen and oxygen atoms in total. The summed E-state index contributed by atoms with van der Waals surface area (Å²) >= 11 is 1.71. The first-order valence-electron chi connectivity index (χ1n) is 5.58. The molecule has 2 heterocycles. The van der Waals surface area contributed by atoms with E-state index in [0.29, 0.717) is 13.2 Å². The highest BCUT2D eigenvalue weighted by atomic mass is 32.1. The molecule has 1 saturated heterocycles. The molecule has 1 fully saturated rings. The van der Waals surface area contributed by atoms with E-state index in [4.69, 9.17) is 9.47 Å². The van der Waals surface area contributed by atoms with Crippen LogP contribution in [0.1, 0.15) is 15.6 Å². The summed E-state index contributed by atoms with van der Waals surface area (Å²) < 4.78 is 11.2. The number of rotatable bonds is 4. The Hall–Kier alpha value is -0.490. The Morgan fingerprint density at radius 3 is 3.06 bits per heavy atom. The van der Waals surface area contributed by atoms with E-state index in [2.05, 4.69) is 17.2 Å². The van der Waals surface area contributed by atoms with Crippen LogP contribution in [0.4, 0.5) is 0 Å². The lowest BCUT2D eigenvalue weighted by Gasteiger charge is -2.23. The zero-order valence-corrected chi connectivity index (χ0v) is 10.6. The van der Waals surface area contributed by atoms with Crippen molar-refractivity contribution in [3.63, 3.8) is 0 Å². The largest absolute Gasteiger partial charge is 0.373 e. The fraction of sp³-hybridized carbons (Fsp3) is 0.727. The third-order valence-electron chi connectivity index (χ3n) is 2.61. The Kier molecular flexibility index (Phi) is 4.29. The van der Waals surface area contributed by atoms with Gasteiger partial charge in [-0.25, -0.2) is 4.98 Å². The van der Waals surface area contributed by atoms with Crippen molar-refractivity contribution in [1.29, 1.82) is 0 Å². The molecule has 1 unspecified atom stereocenters. The van der Waals surface area contributed by atoms with Crippen molar-refractivity contribution >= 4 is 11.3 Å². The van der Waals surface area contributed by atoms with Gasteiger partial charge in [0.2, 0.25) is 0 Å². The van der Waals surface area contributed by atoms with Crippen LogP contribution in [0.3, 0.4) is 0 Å². The maximum absolute atomic E-state index is 5.61. The first-order valence-corrected chi connectivity index (χ1v) is 6.40. The zero-order chi connectivity index (χ0) is 11.4. The monoisotopic (exact) mass is 242 g/mol. The Balaban J connectivity index is 1.71. The van der Waals surface area contributed by atoms with E-state index in [1.165, 1.54) is 4.88 Å². The van der Waals surface area contributed by atoms with Crippen LogP contribution >= 0.6 is 11.3 Å². The fourth-order valence-electron chi connectivity index (χ4n) is 1.61. The molecule has 0 radical (unpaired) electrons. The molecule has 1 atom stereocenters. The Labute approximate surface area is 100.0 Å². The van der Waals surface area contributed by atoms with E-state index >= 15 is 0 Å². The van der Waals surface area contributed by atoms with Gasteiger partial charge in [0.05, 0.1) is 31.6 Å². The van der Waals surface area contributed by atoms with Crippen LogP contribution < -0.4 is 5.32 Å². The number of nitrogens with one attached hydrogen (secondary N) is 1. The lowest BCUT2D eigenvalue weighted by Crippen LogP contribution is -2.40. The van der Waals surface area contributed by atoms with E-state index in [0.717, 1.165) is 30.4 Å². The highest BCUT2D eigenvalue weighted by molar-refractivity contribution is 7.11. The van der Waals surface area contributed by atoms with Crippen LogP contribution in [0.2, 0.25) is 0 Å². The van der Waals surface area contributed by atoms with Gasteiger partial charge in [-0.05, 0) is 13.8 Å². The van der Waals surface area contributed by atoms with Crippen molar-refractivity contribution < 1.29 is 9.47 Å². The molecule has 0 saturated carbocycles. The molecule has 1 aromatic heterocycles. The molecule has 1 aliphatic heterocycles. The highest BCUT2D eigenvalue weighted by Crippen LogP contribution is 2.17. The maximum Gasteiger partial charge on any atom is 0.119 e. The first kappa shape index (κ1) is 12.0. The SMILES string of the molecule is Cc1nc(COCC2CNCCO2)sc1C. The summed E-state index contributed by atoms with van der Waals surface area (Å²) in [7, 11) is 0. The van der Waals surface area contributed by atoms with E-state index < -0.39 is 0 Å². The van der Waals surface area contributed by atoms with E-state index in [-0.39, 0.29) is 6.10 Å². The molecule has 2 rings (SSSR count). The van der Waals surface area contributed by atoms with Crippen molar-refractivity contribution in [3.05, 3.63) is 15.6 Å². The zero-order valence-electron chi connectivity index (χ0n) is 9.78. The second-order valence-corrected chi connectivity index (χ2v) is 5.25. The van der Waals surface area contributed by atoms with E-state index in [1.54, 1.807) is 11.3 Å². The number of morpholine rings is 1. The Bertz CT molecular complexity index is 315. The van der Waals surface area contributed by atoms with Gasteiger partial charge in [-0.1, -0.05) is 0 Å². The fourth-order valence-corrected chi connectivity index (χ4v) is 2.48. The summed E-state index contributed by atoms with van der Waals surface area (Å²) in [4.78, 5) is 5.70. The minimum Gasteiger partial charge on any atom is -0.373 e. The normalized spacial score (nSPS) is 21.2. The van der Waals surface area contributed by atoms with Crippen LogP contribution in [-0.2, 0) is 16.1 Å². The predicted molar refractivity (Wildman–Crippen MR) is 63.9 cm³/mol. The standard InChI is InChI=1S/C11H18N2O2S/c1-8-9(2)16-11(13-8)7-14-6-10-5-12-3-4-15-10/h10,12H,3-7H2,1-2H3.